The Hall–Kier alpha value is -1.28. The molecule has 1 rings (SSSR count). The van der Waals surface area contributed by atoms with Gasteiger partial charge >= 0.3 is 0 Å². The first kappa shape index (κ1) is 15.8. The van der Waals surface area contributed by atoms with E-state index < -0.39 is 11.6 Å². The summed E-state index contributed by atoms with van der Waals surface area (Å²) in [5.74, 6) is -0.260. The van der Waals surface area contributed by atoms with Crippen molar-refractivity contribution in [3.8, 4) is 6.07 Å². The lowest BCUT2D eigenvalue weighted by atomic mass is 10.2. The Morgan fingerprint density at radius 2 is 1.79 bits per heavy atom. The van der Waals surface area contributed by atoms with Gasteiger partial charge in [0.05, 0.1) is 11.6 Å². The van der Waals surface area contributed by atoms with Gasteiger partial charge in [0, 0.05) is 6.54 Å². The molecule has 1 aromatic carbocycles. The van der Waals surface area contributed by atoms with Gasteiger partial charge in [0.2, 0.25) is 0 Å². The molecule has 104 valence electrons. The molecule has 19 heavy (non-hydrogen) atoms. The van der Waals surface area contributed by atoms with Gasteiger partial charge in [0.25, 0.3) is 0 Å². The normalized spacial score (nSPS) is 10.2. The average molecular weight is 284 g/mol. The van der Waals surface area contributed by atoms with E-state index in [1.54, 1.807) is 6.07 Å². The zero-order valence-electron chi connectivity index (χ0n) is 11.0. The van der Waals surface area contributed by atoms with E-state index in [2.05, 4.69) is 11.6 Å². The first-order chi connectivity index (χ1) is 9.19. The highest BCUT2D eigenvalue weighted by molar-refractivity contribution is 7.98. The van der Waals surface area contributed by atoms with Crippen LogP contribution in [0.1, 0.15) is 31.2 Å². The van der Waals surface area contributed by atoms with Gasteiger partial charge in [-0.05, 0) is 37.0 Å². The molecule has 0 saturated carbocycles. The maximum absolute atomic E-state index is 13.5. The van der Waals surface area contributed by atoms with Crippen molar-refractivity contribution in [1.29, 1.82) is 5.26 Å². The quantitative estimate of drug-likeness (QED) is 0.728. The zero-order chi connectivity index (χ0) is 14.1. The van der Waals surface area contributed by atoms with Gasteiger partial charge in [-0.25, -0.2) is 8.78 Å². The summed E-state index contributed by atoms with van der Waals surface area (Å²) in [6, 6.07) is 3.81. The molecule has 0 aliphatic carbocycles. The molecule has 0 atom stereocenters. The lowest BCUT2D eigenvalue weighted by Gasteiger charge is -2.09. The molecule has 0 radical (unpaired) electrons. The smallest absolute Gasteiger partial charge is 0.150 e. The molecule has 0 aliphatic rings. The van der Waals surface area contributed by atoms with Crippen molar-refractivity contribution in [3.05, 3.63) is 29.3 Å². The standard InChI is InChI=1S/C14H18F2N2S/c1-19-7-5-3-2-4-6-18-14-12(15)8-11(10-17)9-13(14)16/h8-9,18H,2-7H2,1H3. The third-order valence-electron chi connectivity index (χ3n) is 2.75. The fourth-order valence-electron chi connectivity index (χ4n) is 1.74. The van der Waals surface area contributed by atoms with Crippen LogP contribution in [0, 0.1) is 23.0 Å². The highest BCUT2D eigenvalue weighted by atomic mass is 32.2. The molecular formula is C14H18F2N2S. The first-order valence-electron chi connectivity index (χ1n) is 6.31. The molecule has 1 N–H and O–H groups in total. The first-order valence-corrected chi connectivity index (χ1v) is 7.70. The number of halogens is 2. The summed E-state index contributed by atoms with van der Waals surface area (Å²) in [6.45, 7) is 0.541. The van der Waals surface area contributed by atoms with E-state index in [1.165, 1.54) is 6.42 Å². The van der Waals surface area contributed by atoms with E-state index in [0.717, 1.165) is 37.1 Å². The van der Waals surface area contributed by atoms with E-state index in [-0.39, 0.29) is 11.3 Å². The van der Waals surface area contributed by atoms with E-state index in [9.17, 15) is 8.78 Å². The minimum atomic E-state index is -0.709. The van der Waals surface area contributed by atoms with Crippen LogP contribution in [-0.4, -0.2) is 18.6 Å². The molecule has 0 saturated heterocycles. The molecule has 0 fully saturated rings. The van der Waals surface area contributed by atoms with Gasteiger partial charge in [0.15, 0.2) is 11.6 Å². The van der Waals surface area contributed by atoms with Gasteiger partial charge in [0.1, 0.15) is 5.69 Å². The van der Waals surface area contributed by atoms with E-state index in [0.29, 0.717) is 6.54 Å². The lowest BCUT2D eigenvalue weighted by Crippen LogP contribution is -2.06. The number of rotatable bonds is 8. The number of nitrogens with zero attached hydrogens (tertiary/aromatic N) is 1. The Morgan fingerprint density at radius 3 is 2.37 bits per heavy atom. The minimum absolute atomic E-state index is 0.00221. The summed E-state index contributed by atoms with van der Waals surface area (Å²) < 4.78 is 27.0. The van der Waals surface area contributed by atoms with Crippen molar-refractivity contribution in [3.63, 3.8) is 0 Å². The van der Waals surface area contributed by atoms with Crippen molar-refractivity contribution in [2.24, 2.45) is 0 Å². The summed E-state index contributed by atoms with van der Waals surface area (Å²) in [7, 11) is 0. The highest BCUT2D eigenvalue weighted by Gasteiger charge is 2.10. The van der Waals surface area contributed by atoms with Crippen molar-refractivity contribution in [2.75, 3.05) is 23.9 Å². The molecule has 2 nitrogen and oxygen atoms in total. The number of anilines is 1. The monoisotopic (exact) mass is 284 g/mol. The number of nitriles is 1. The Labute approximate surface area is 117 Å². The van der Waals surface area contributed by atoms with Crippen molar-refractivity contribution < 1.29 is 8.78 Å². The summed E-state index contributed by atoms with van der Waals surface area (Å²) >= 11 is 1.83. The summed E-state index contributed by atoms with van der Waals surface area (Å²) in [4.78, 5) is 0. The number of benzene rings is 1. The van der Waals surface area contributed by atoms with Crippen LogP contribution < -0.4 is 5.32 Å². The van der Waals surface area contributed by atoms with Crippen LogP contribution in [0.5, 0.6) is 0 Å². The largest absolute Gasteiger partial charge is 0.380 e. The molecule has 0 aliphatic heterocycles. The van der Waals surface area contributed by atoms with Gasteiger partial charge in [-0.15, -0.1) is 0 Å². The fourth-order valence-corrected chi connectivity index (χ4v) is 2.24. The fraction of sp³-hybridized carbons (Fsp3) is 0.500. The van der Waals surface area contributed by atoms with Gasteiger partial charge < -0.3 is 5.32 Å². The SMILES string of the molecule is CSCCCCCCNc1c(F)cc(C#N)cc1F. The number of hydrogen-bond acceptors (Lipinski definition) is 3. The van der Waals surface area contributed by atoms with E-state index in [1.807, 2.05) is 11.8 Å². The third-order valence-corrected chi connectivity index (χ3v) is 3.45. The third kappa shape index (κ3) is 5.48. The second kappa shape index (κ2) is 8.76. The van der Waals surface area contributed by atoms with Crippen LogP contribution in [0.4, 0.5) is 14.5 Å². The Bertz CT molecular complexity index is 421. The van der Waals surface area contributed by atoms with Gasteiger partial charge in [-0.1, -0.05) is 12.8 Å². The number of unbranched alkanes of at least 4 members (excludes halogenated alkanes) is 3. The Kier molecular flexibility index (Phi) is 7.27. The highest BCUT2D eigenvalue weighted by Crippen LogP contribution is 2.20. The van der Waals surface area contributed by atoms with Crippen molar-refractivity contribution in [1.82, 2.24) is 0 Å². The van der Waals surface area contributed by atoms with E-state index in [4.69, 9.17) is 5.26 Å². The Morgan fingerprint density at radius 1 is 1.16 bits per heavy atom. The lowest BCUT2D eigenvalue weighted by molar-refractivity contribution is 0.585. The summed E-state index contributed by atoms with van der Waals surface area (Å²) in [5.41, 5.74) is -0.138. The van der Waals surface area contributed by atoms with Crippen LogP contribution >= 0.6 is 11.8 Å². The molecule has 0 aromatic heterocycles. The number of nitrogens with one attached hydrogen (secondary N) is 1. The molecule has 0 bridgehead atoms. The second-order valence-electron chi connectivity index (χ2n) is 4.26. The zero-order valence-corrected chi connectivity index (χ0v) is 11.8. The van der Waals surface area contributed by atoms with Crippen LogP contribution in [0.15, 0.2) is 12.1 Å². The van der Waals surface area contributed by atoms with Crippen LogP contribution in [0.25, 0.3) is 0 Å². The van der Waals surface area contributed by atoms with Gasteiger partial charge in [-0.2, -0.15) is 17.0 Å². The second-order valence-corrected chi connectivity index (χ2v) is 5.25. The average Bonchev–Trinajstić information content (AvgIpc) is 2.40. The molecule has 0 heterocycles. The van der Waals surface area contributed by atoms with Crippen LogP contribution in [0.2, 0.25) is 0 Å². The maximum atomic E-state index is 13.5. The topological polar surface area (TPSA) is 35.8 Å². The van der Waals surface area contributed by atoms with Crippen LogP contribution in [-0.2, 0) is 0 Å². The summed E-state index contributed by atoms with van der Waals surface area (Å²) in [6.07, 6.45) is 6.33. The molecule has 0 amide bonds. The van der Waals surface area contributed by atoms with E-state index >= 15 is 0 Å². The Balaban J connectivity index is 2.36. The van der Waals surface area contributed by atoms with Gasteiger partial charge in [-0.3, -0.25) is 0 Å². The van der Waals surface area contributed by atoms with Crippen LogP contribution in [0.3, 0.4) is 0 Å². The predicted molar refractivity (Wildman–Crippen MR) is 76.4 cm³/mol. The minimum Gasteiger partial charge on any atom is -0.380 e. The molecule has 0 unspecified atom stereocenters. The molecular weight excluding hydrogens is 266 g/mol. The maximum Gasteiger partial charge on any atom is 0.150 e. The predicted octanol–water partition coefficient (Wildman–Crippen LogP) is 4.17. The van der Waals surface area contributed by atoms with Crippen molar-refractivity contribution in [2.45, 2.75) is 25.7 Å². The number of hydrogen-bond donors (Lipinski definition) is 1. The summed E-state index contributed by atoms with van der Waals surface area (Å²) in [5, 5.41) is 11.3. The molecule has 1 aromatic rings. The number of thioether (sulfide) groups is 1. The molecule has 5 heteroatoms. The molecule has 0 spiro atoms. The van der Waals surface area contributed by atoms with Crippen molar-refractivity contribution >= 4 is 17.4 Å².